The SMILES string of the molecule is Cc1ccc(-c2noc(CS(=O)CC(=O)Nc3ccccc3)n2)cc1. The van der Waals surface area contributed by atoms with Gasteiger partial charge in [0.1, 0.15) is 11.5 Å². The molecule has 25 heavy (non-hydrogen) atoms. The topological polar surface area (TPSA) is 85.1 Å². The first-order valence-corrected chi connectivity index (χ1v) is 9.18. The zero-order valence-electron chi connectivity index (χ0n) is 13.6. The van der Waals surface area contributed by atoms with E-state index in [1.807, 2.05) is 49.4 Å². The third kappa shape index (κ3) is 4.84. The Balaban J connectivity index is 1.56. The van der Waals surface area contributed by atoms with Crippen molar-refractivity contribution in [2.45, 2.75) is 12.7 Å². The summed E-state index contributed by atoms with van der Waals surface area (Å²) in [5.74, 6) is 0.294. The highest BCUT2D eigenvalue weighted by molar-refractivity contribution is 7.84. The second kappa shape index (κ2) is 7.85. The van der Waals surface area contributed by atoms with Crippen LogP contribution in [0.3, 0.4) is 0 Å². The summed E-state index contributed by atoms with van der Waals surface area (Å²) < 4.78 is 17.3. The van der Waals surface area contributed by atoms with Crippen LogP contribution < -0.4 is 5.32 Å². The van der Waals surface area contributed by atoms with E-state index < -0.39 is 10.8 Å². The summed E-state index contributed by atoms with van der Waals surface area (Å²) in [5.41, 5.74) is 2.63. The lowest BCUT2D eigenvalue weighted by Crippen LogP contribution is -2.20. The number of para-hydroxylation sites is 1. The lowest BCUT2D eigenvalue weighted by atomic mass is 10.1. The molecule has 0 saturated carbocycles. The molecule has 0 fully saturated rings. The van der Waals surface area contributed by atoms with Crippen LogP contribution in [0.1, 0.15) is 11.5 Å². The second-order valence-corrected chi connectivity index (χ2v) is 6.98. The smallest absolute Gasteiger partial charge is 0.239 e. The summed E-state index contributed by atoms with van der Waals surface area (Å²) >= 11 is 0. The van der Waals surface area contributed by atoms with E-state index in [0.29, 0.717) is 11.5 Å². The van der Waals surface area contributed by atoms with Crippen molar-refractivity contribution >= 4 is 22.4 Å². The molecule has 3 rings (SSSR count). The van der Waals surface area contributed by atoms with Crippen molar-refractivity contribution in [1.82, 2.24) is 10.1 Å². The molecule has 1 heterocycles. The van der Waals surface area contributed by atoms with Crippen LogP contribution in [0.4, 0.5) is 5.69 Å². The minimum atomic E-state index is -1.43. The van der Waals surface area contributed by atoms with Gasteiger partial charge in [-0.15, -0.1) is 0 Å². The third-order valence-corrected chi connectivity index (χ3v) is 4.57. The van der Waals surface area contributed by atoms with Crippen LogP contribution in [0.25, 0.3) is 11.4 Å². The molecule has 1 aromatic heterocycles. The molecule has 1 amide bonds. The fourth-order valence-corrected chi connectivity index (χ4v) is 3.05. The largest absolute Gasteiger partial charge is 0.338 e. The Kier molecular flexibility index (Phi) is 5.35. The van der Waals surface area contributed by atoms with Crippen LogP contribution in [-0.4, -0.2) is 26.0 Å². The van der Waals surface area contributed by atoms with Crippen LogP contribution in [0.15, 0.2) is 59.1 Å². The minimum Gasteiger partial charge on any atom is -0.338 e. The lowest BCUT2D eigenvalue weighted by molar-refractivity contribution is -0.113. The Morgan fingerprint density at radius 1 is 1.12 bits per heavy atom. The Morgan fingerprint density at radius 2 is 1.84 bits per heavy atom. The molecule has 1 atom stereocenters. The van der Waals surface area contributed by atoms with Gasteiger partial charge in [-0.05, 0) is 19.1 Å². The number of benzene rings is 2. The predicted octanol–water partition coefficient (Wildman–Crippen LogP) is 2.93. The van der Waals surface area contributed by atoms with Gasteiger partial charge in [-0.1, -0.05) is 53.2 Å². The number of amides is 1. The number of nitrogens with zero attached hydrogens (tertiary/aromatic N) is 2. The average Bonchev–Trinajstić information content (AvgIpc) is 3.04. The number of nitrogens with one attached hydrogen (secondary N) is 1. The molecule has 0 aliphatic carbocycles. The number of carbonyl (C=O) groups excluding carboxylic acids is 1. The first-order valence-electron chi connectivity index (χ1n) is 7.69. The highest BCUT2D eigenvalue weighted by atomic mass is 32.2. The van der Waals surface area contributed by atoms with Crippen molar-refractivity contribution < 1.29 is 13.5 Å². The van der Waals surface area contributed by atoms with Gasteiger partial charge >= 0.3 is 0 Å². The molecule has 0 aliphatic rings. The third-order valence-electron chi connectivity index (χ3n) is 3.41. The maximum Gasteiger partial charge on any atom is 0.239 e. The van der Waals surface area contributed by atoms with Crippen LogP contribution in [0, 0.1) is 6.92 Å². The summed E-state index contributed by atoms with van der Waals surface area (Å²) in [7, 11) is -1.43. The molecule has 0 radical (unpaired) electrons. The zero-order chi connectivity index (χ0) is 17.6. The minimum absolute atomic E-state index is 0.0427. The molecule has 0 saturated heterocycles. The van der Waals surface area contributed by atoms with Crippen molar-refractivity contribution in [3.8, 4) is 11.4 Å². The average molecular weight is 355 g/mol. The summed E-state index contributed by atoms with van der Waals surface area (Å²) in [6.45, 7) is 2.00. The quantitative estimate of drug-likeness (QED) is 0.735. The van der Waals surface area contributed by atoms with Crippen molar-refractivity contribution in [2.24, 2.45) is 0 Å². The van der Waals surface area contributed by atoms with Gasteiger partial charge in [-0.2, -0.15) is 4.98 Å². The van der Waals surface area contributed by atoms with E-state index in [1.54, 1.807) is 12.1 Å². The van der Waals surface area contributed by atoms with Gasteiger partial charge in [0.2, 0.25) is 17.6 Å². The van der Waals surface area contributed by atoms with E-state index >= 15 is 0 Å². The fraction of sp³-hybridized carbons (Fsp3) is 0.167. The first kappa shape index (κ1) is 17.0. The van der Waals surface area contributed by atoms with E-state index in [4.69, 9.17) is 4.52 Å². The number of rotatable bonds is 6. The summed E-state index contributed by atoms with van der Waals surface area (Å²) in [6.07, 6.45) is 0. The molecular weight excluding hydrogens is 338 g/mol. The Hall–Kier alpha value is -2.80. The molecule has 128 valence electrons. The Labute approximate surface area is 147 Å². The highest BCUT2D eigenvalue weighted by Crippen LogP contribution is 2.17. The van der Waals surface area contributed by atoms with E-state index in [0.717, 1.165) is 11.1 Å². The predicted molar refractivity (Wildman–Crippen MR) is 96.3 cm³/mol. The van der Waals surface area contributed by atoms with Crippen molar-refractivity contribution in [3.63, 3.8) is 0 Å². The van der Waals surface area contributed by atoms with Crippen LogP contribution in [0.2, 0.25) is 0 Å². The van der Waals surface area contributed by atoms with Gasteiger partial charge in [-0.3, -0.25) is 9.00 Å². The molecule has 0 aliphatic heterocycles. The van der Waals surface area contributed by atoms with Crippen LogP contribution in [-0.2, 0) is 21.3 Å². The number of aryl methyl sites for hydroxylation is 1. The van der Waals surface area contributed by atoms with E-state index in [-0.39, 0.29) is 23.3 Å². The van der Waals surface area contributed by atoms with Gasteiger partial charge in [0.05, 0.1) is 0 Å². The molecule has 0 bridgehead atoms. The summed E-state index contributed by atoms with van der Waals surface area (Å²) in [4.78, 5) is 16.1. The number of aromatic nitrogens is 2. The molecule has 2 aromatic carbocycles. The van der Waals surface area contributed by atoms with Gasteiger partial charge in [0.15, 0.2) is 0 Å². The second-order valence-electron chi connectivity index (χ2n) is 5.52. The molecule has 0 spiro atoms. The number of anilines is 1. The van der Waals surface area contributed by atoms with Gasteiger partial charge < -0.3 is 9.84 Å². The fourth-order valence-electron chi connectivity index (χ4n) is 2.19. The van der Waals surface area contributed by atoms with Crippen LogP contribution >= 0.6 is 0 Å². The van der Waals surface area contributed by atoms with E-state index in [1.165, 1.54) is 0 Å². The first-order chi connectivity index (χ1) is 12.1. The molecule has 7 heteroatoms. The van der Waals surface area contributed by atoms with E-state index in [2.05, 4.69) is 15.5 Å². The number of hydrogen-bond acceptors (Lipinski definition) is 5. The van der Waals surface area contributed by atoms with Gasteiger partial charge in [0.25, 0.3) is 0 Å². The number of carbonyl (C=O) groups is 1. The van der Waals surface area contributed by atoms with Gasteiger partial charge in [-0.25, -0.2) is 0 Å². The monoisotopic (exact) mass is 355 g/mol. The number of hydrogen-bond donors (Lipinski definition) is 1. The molecular formula is C18H17N3O3S. The Bertz CT molecular complexity index is 876. The molecule has 1 N–H and O–H groups in total. The highest BCUT2D eigenvalue weighted by Gasteiger charge is 2.14. The molecule has 1 unspecified atom stereocenters. The van der Waals surface area contributed by atoms with Crippen molar-refractivity contribution in [3.05, 3.63) is 66.1 Å². The lowest BCUT2D eigenvalue weighted by Gasteiger charge is -2.03. The normalized spacial score (nSPS) is 11.9. The van der Waals surface area contributed by atoms with Gasteiger partial charge in [0, 0.05) is 22.1 Å². The summed E-state index contributed by atoms with van der Waals surface area (Å²) in [5, 5.41) is 6.59. The maximum absolute atomic E-state index is 12.1. The standard InChI is InChI=1S/C18H17N3O3S/c1-13-7-9-14(10-8-13)18-20-17(24-21-18)12-25(23)11-16(22)19-15-5-3-2-4-6-15/h2-10H,11-12H2,1H3,(H,19,22). The maximum atomic E-state index is 12.1. The Morgan fingerprint density at radius 3 is 2.56 bits per heavy atom. The van der Waals surface area contributed by atoms with E-state index in [9.17, 15) is 9.00 Å². The van der Waals surface area contributed by atoms with Crippen LogP contribution in [0.5, 0.6) is 0 Å². The molecule has 3 aromatic rings. The van der Waals surface area contributed by atoms with Crippen molar-refractivity contribution in [1.29, 1.82) is 0 Å². The zero-order valence-corrected chi connectivity index (χ0v) is 14.5. The van der Waals surface area contributed by atoms with Crippen molar-refractivity contribution in [2.75, 3.05) is 11.1 Å². The summed E-state index contributed by atoms with van der Waals surface area (Å²) in [6, 6.07) is 16.7. The molecule has 6 nitrogen and oxygen atoms in total.